The minimum atomic E-state index is -2.10. The molecular weight excluding hydrogens is 560 g/mol. The van der Waals surface area contributed by atoms with Gasteiger partial charge in [0.25, 0.3) is 5.91 Å². The largest absolute Gasteiger partial charge is 0.491 e. The predicted octanol–water partition coefficient (Wildman–Crippen LogP) is 6.13. The number of halogens is 1. The summed E-state index contributed by atoms with van der Waals surface area (Å²) in [5.74, 6) is 1.19. The average molecular weight is 601 g/mol. The molecular formula is C32H41ClN2O5S. The zero-order valence-electron chi connectivity index (χ0n) is 24.1. The van der Waals surface area contributed by atoms with E-state index < -0.39 is 16.5 Å². The van der Waals surface area contributed by atoms with Crippen molar-refractivity contribution in [2.75, 3.05) is 38.0 Å². The number of rotatable bonds is 2. The maximum atomic E-state index is 13.3. The van der Waals surface area contributed by atoms with Crippen LogP contribution in [0.3, 0.4) is 0 Å². The fourth-order valence-corrected chi connectivity index (χ4v) is 7.55. The van der Waals surface area contributed by atoms with E-state index >= 15 is 0 Å². The lowest BCUT2D eigenvalue weighted by atomic mass is 9.70. The number of benzene rings is 2. The van der Waals surface area contributed by atoms with E-state index in [0.717, 1.165) is 55.1 Å². The van der Waals surface area contributed by atoms with Gasteiger partial charge in [0.05, 0.1) is 24.5 Å². The molecule has 7 nitrogen and oxygen atoms in total. The number of amides is 1. The highest BCUT2D eigenvalue weighted by atomic mass is 35.5. The van der Waals surface area contributed by atoms with Crippen molar-refractivity contribution < 1.29 is 23.2 Å². The Hall–Kier alpha value is -2.39. The van der Waals surface area contributed by atoms with Crippen molar-refractivity contribution in [2.24, 2.45) is 22.1 Å². The normalized spacial score (nSPS) is 30.3. The quantitative estimate of drug-likeness (QED) is 0.330. The second-order valence-electron chi connectivity index (χ2n) is 11.5. The van der Waals surface area contributed by atoms with E-state index in [9.17, 15) is 9.00 Å². The van der Waals surface area contributed by atoms with Crippen LogP contribution >= 0.6 is 11.6 Å². The molecule has 0 saturated heterocycles. The number of hydrogen-bond acceptors (Lipinski definition) is 6. The van der Waals surface area contributed by atoms with Gasteiger partial charge in [-0.2, -0.15) is 4.36 Å². The molecule has 9 heteroatoms. The molecule has 222 valence electrons. The molecule has 0 N–H and O–H groups in total. The van der Waals surface area contributed by atoms with Crippen molar-refractivity contribution in [3.05, 3.63) is 70.3 Å². The smallest absolute Gasteiger partial charge is 0.284 e. The van der Waals surface area contributed by atoms with E-state index in [1.54, 1.807) is 20.3 Å². The average Bonchev–Trinajstić information content (AvgIpc) is 2.97. The van der Waals surface area contributed by atoms with Crippen molar-refractivity contribution in [1.29, 1.82) is 0 Å². The molecule has 0 spiro atoms. The Morgan fingerprint density at radius 1 is 1.02 bits per heavy atom. The molecule has 6 atom stereocenters. The maximum Gasteiger partial charge on any atom is 0.284 e. The highest BCUT2D eigenvalue weighted by molar-refractivity contribution is 7.75. The minimum Gasteiger partial charge on any atom is -0.491 e. The zero-order valence-corrected chi connectivity index (χ0v) is 25.8. The van der Waals surface area contributed by atoms with Gasteiger partial charge in [0.1, 0.15) is 5.75 Å². The second-order valence-corrected chi connectivity index (χ2v) is 13.2. The van der Waals surface area contributed by atoms with Crippen LogP contribution in [-0.4, -0.2) is 55.4 Å². The molecule has 1 fully saturated rings. The van der Waals surface area contributed by atoms with Crippen LogP contribution in [0.2, 0.25) is 5.02 Å². The number of thiol groups is 1. The Balaban J connectivity index is 1.61. The third-order valence-corrected chi connectivity index (χ3v) is 10.3. The lowest BCUT2D eigenvalue weighted by Crippen LogP contribution is -2.43. The van der Waals surface area contributed by atoms with Crippen LogP contribution in [0.4, 0.5) is 5.69 Å². The lowest BCUT2D eigenvalue weighted by molar-refractivity contribution is 0.0122. The van der Waals surface area contributed by atoms with Gasteiger partial charge in [-0.15, -0.1) is 0 Å². The van der Waals surface area contributed by atoms with Gasteiger partial charge in [-0.3, -0.25) is 9.00 Å². The summed E-state index contributed by atoms with van der Waals surface area (Å²) in [6, 6.07) is 11.6. The molecule has 41 heavy (non-hydrogen) atoms. The maximum absolute atomic E-state index is 13.3. The molecule has 5 rings (SSSR count). The minimum absolute atomic E-state index is 0.0522. The third-order valence-electron chi connectivity index (χ3n) is 8.77. The Bertz CT molecular complexity index is 1360. The van der Waals surface area contributed by atoms with Gasteiger partial charge in [-0.1, -0.05) is 36.7 Å². The van der Waals surface area contributed by atoms with Gasteiger partial charge in [0.2, 0.25) is 0 Å². The van der Waals surface area contributed by atoms with E-state index in [4.69, 9.17) is 25.8 Å². The summed E-state index contributed by atoms with van der Waals surface area (Å²) in [6.45, 7) is 4.00. The van der Waals surface area contributed by atoms with Crippen molar-refractivity contribution in [1.82, 2.24) is 0 Å². The number of anilines is 1. The van der Waals surface area contributed by atoms with Crippen molar-refractivity contribution in [3.63, 3.8) is 0 Å². The van der Waals surface area contributed by atoms with Crippen LogP contribution in [0.1, 0.15) is 54.1 Å². The van der Waals surface area contributed by atoms with Crippen LogP contribution < -0.4 is 9.64 Å². The van der Waals surface area contributed by atoms with Gasteiger partial charge in [0.15, 0.2) is 0 Å². The molecule has 2 aliphatic heterocycles. The number of fused-ring (bicyclic) bond motifs is 3. The van der Waals surface area contributed by atoms with Crippen LogP contribution in [0, 0.1) is 17.8 Å². The molecule has 2 aromatic rings. The number of ether oxygens (including phenoxy) is 3. The molecule has 2 heterocycles. The lowest BCUT2D eigenvalue weighted by Gasteiger charge is -2.43. The summed E-state index contributed by atoms with van der Waals surface area (Å²) in [5.41, 5.74) is 3.74. The van der Waals surface area contributed by atoms with E-state index in [-0.39, 0.29) is 23.9 Å². The summed E-state index contributed by atoms with van der Waals surface area (Å²) in [5, 5.41) is 0.740. The van der Waals surface area contributed by atoms with Crippen LogP contribution in [0.25, 0.3) is 0 Å². The van der Waals surface area contributed by atoms with Crippen LogP contribution in [-0.2, 0) is 33.0 Å². The number of aryl methyl sites for hydroxylation is 1. The highest BCUT2D eigenvalue weighted by Gasteiger charge is 2.38. The number of methoxy groups -OCH3 is 2. The van der Waals surface area contributed by atoms with E-state index in [1.807, 2.05) is 31.2 Å². The first kappa shape index (κ1) is 30.1. The Labute approximate surface area is 250 Å². The van der Waals surface area contributed by atoms with Crippen molar-refractivity contribution in [2.45, 2.75) is 57.8 Å². The molecule has 1 saturated carbocycles. The summed E-state index contributed by atoms with van der Waals surface area (Å²) < 4.78 is 35.1. The van der Waals surface area contributed by atoms with Crippen molar-refractivity contribution >= 4 is 33.8 Å². The van der Waals surface area contributed by atoms with Crippen LogP contribution in [0.5, 0.6) is 5.75 Å². The standard InChI is InChI=1S/C32H41ClN2O5S/c1-21-20-41(37)34-32(36)23-9-12-31-28(17-23)35(18-24-7-10-26(33)16-22(24)6-4-5-15-40-31)19-25-8-11-27(25)30(39-3)14-13-29(21)38-2/h7,9-10,12-14,16-17,21,25,27,29-30,41H,4-6,8,11,15,18-20H2,1-3H3/b14-13+/t21-,25+,27-,29+,30+/m1/s1. The third kappa shape index (κ3) is 7.16. The molecule has 2 bridgehead atoms. The number of hydrogen-bond donors (Lipinski definition) is 1. The van der Waals surface area contributed by atoms with Crippen molar-refractivity contribution in [3.8, 4) is 5.75 Å². The first-order chi connectivity index (χ1) is 19.9. The zero-order chi connectivity index (χ0) is 28.9. The van der Waals surface area contributed by atoms with E-state index in [0.29, 0.717) is 30.6 Å². The van der Waals surface area contributed by atoms with Gasteiger partial charge in [-0.25, -0.2) is 0 Å². The van der Waals surface area contributed by atoms with E-state index in [1.165, 1.54) is 11.1 Å². The first-order valence-electron chi connectivity index (χ1n) is 14.6. The summed E-state index contributed by atoms with van der Waals surface area (Å²) in [7, 11) is 1.31. The Morgan fingerprint density at radius 3 is 2.59 bits per heavy atom. The topological polar surface area (TPSA) is 77.4 Å². The summed E-state index contributed by atoms with van der Waals surface area (Å²) >= 11 is 6.41. The molecule has 3 aliphatic rings. The summed E-state index contributed by atoms with van der Waals surface area (Å²) in [4.78, 5) is 15.6. The molecule has 1 amide bonds. The summed E-state index contributed by atoms with van der Waals surface area (Å²) in [6.07, 6.45) is 8.83. The predicted molar refractivity (Wildman–Crippen MR) is 165 cm³/mol. The fourth-order valence-electron chi connectivity index (χ4n) is 6.26. The van der Waals surface area contributed by atoms with Crippen LogP contribution in [0.15, 0.2) is 52.9 Å². The Kier molecular flexibility index (Phi) is 10.1. The molecule has 0 radical (unpaired) electrons. The van der Waals surface area contributed by atoms with Gasteiger partial charge < -0.3 is 19.1 Å². The molecule has 0 aromatic heterocycles. The SMILES string of the molecule is CO[C@H]1/C=C/[C@H](OC)[C@H](C)C/[SH](=O)=N\C(=O)c2ccc3c(c2)N(Cc2ccc(Cl)cc2CCCCO3)C[C@@H]2CC[C@H]21. The van der Waals surface area contributed by atoms with Gasteiger partial charge >= 0.3 is 0 Å². The molecule has 1 aliphatic carbocycles. The number of nitrogens with zero attached hydrogens (tertiary/aromatic N) is 2. The monoisotopic (exact) mass is 600 g/mol. The highest BCUT2D eigenvalue weighted by Crippen LogP contribution is 2.42. The second kappa shape index (κ2) is 13.7. The number of carbonyl (C=O) groups is 1. The van der Waals surface area contributed by atoms with Gasteiger partial charge in [0, 0.05) is 54.2 Å². The molecule has 2 aromatic carbocycles. The number of carbonyl (C=O) groups excluding carboxylic acids is 1. The van der Waals surface area contributed by atoms with E-state index in [2.05, 4.69) is 27.5 Å². The first-order valence-corrected chi connectivity index (χ1v) is 16.4. The van der Waals surface area contributed by atoms with Gasteiger partial charge in [-0.05, 0) is 91.3 Å². The fraction of sp³-hybridized carbons (Fsp3) is 0.531. The molecule has 1 unspecified atom stereocenters. The Morgan fingerprint density at radius 2 is 1.83 bits per heavy atom.